The summed E-state index contributed by atoms with van der Waals surface area (Å²) in [6, 6.07) is -0.637. The molecule has 5 heteroatoms. The van der Waals surface area contributed by atoms with Gasteiger partial charge in [0.1, 0.15) is 0 Å². The topological polar surface area (TPSA) is 72.9 Å². The van der Waals surface area contributed by atoms with Crippen LogP contribution in [0, 0.1) is 19.3 Å². The Labute approximate surface area is 95.0 Å². The lowest BCUT2D eigenvalue weighted by Crippen LogP contribution is -2.39. The smallest absolute Gasteiger partial charge is 0.238 e. The van der Waals surface area contributed by atoms with Crippen molar-refractivity contribution in [2.75, 3.05) is 0 Å². The van der Waals surface area contributed by atoms with Crippen molar-refractivity contribution >= 4 is 5.91 Å². The average molecular weight is 220 g/mol. The Morgan fingerprint density at radius 2 is 2.50 bits per heavy atom. The number of nitrogens with zero attached hydrogens (tertiary/aromatic N) is 2. The lowest BCUT2D eigenvalue weighted by atomic mass is 10.2. The maximum atomic E-state index is 11.5. The van der Waals surface area contributed by atoms with Gasteiger partial charge in [-0.1, -0.05) is 0 Å². The number of rotatable bonds is 4. The third-order valence-electron chi connectivity index (χ3n) is 2.46. The highest BCUT2D eigenvalue weighted by molar-refractivity contribution is 5.81. The molecule has 1 atom stereocenters. The molecule has 3 N–H and O–H groups in total. The van der Waals surface area contributed by atoms with E-state index in [9.17, 15) is 4.79 Å². The number of aromatic nitrogens is 2. The molecule has 0 aliphatic heterocycles. The zero-order chi connectivity index (χ0) is 12.1. The van der Waals surface area contributed by atoms with Crippen LogP contribution in [0.1, 0.15) is 17.7 Å². The molecule has 0 aliphatic carbocycles. The first-order chi connectivity index (χ1) is 7.56. The highest BCUT2D eigenvalue weighted by Gasteiger charge is 2.12. The van der Waals surface area contributed by atoms with Gasteiger partial charge in [-0.2, -0.15) is 5.10 Å². The molecule has 0 saturated carbocycles. The molecular weight excluding hydrogens is 204 g/mol. The predicted octanol–water partition coefficient (Wildman–Crippen LogP) is -0.305. The predicted molar refractivity (Wildman–Crippen MR) is 61.2 cm³/mol. The van der Waals surface area contributed by atoms with Gasteiger partial charge in [0, 0.05) is 31.3 Å². The van der Waals surface area contributed by atoms with E-state index >= 15 is 0 Å². The summed E-state index contributed by atoms with van der Waals surface area (Å²) in [5, 5.41) is 6.80. The minimum Gasteiger partial charge on any atom is -0.351 e. The van der Waals surface area contributed by atoms with Crippen molar-refractivity contribution < 1.29 is 4.79 Å². The SMILES string of the molecule is C#CCC(N)C(=O)NCc1cnn(C)c1C. The van der Waals surface area contributed by atoms with Crippen LogP contribution in [0.3, 0.4) is 0 Å². The summed E-state index contributed by atoms with van der Waals surface area (Å²) in [5.74, 6) is 2.12. The molecule has 5 nitrogen and oxygen atoms in total. The molecule has 0 aromatic carbocycles. The van der Waals surface area contributed by atoms with E-state index in [1.165, 1.54) is 0 Å². The van der Waals surface area contributed by atoms with E-state index in [1.54, 1.807) is 10.9 Å². The molecule has 0 radical (unpaired) electrons. The Balaban J connectivity index is 2.49. The van der Waals surface area contributed by atoms with Gasteiger partial charge in [-0.3, -0.25) is 9.48 Å². The molecule has 1 unspecified atom stereocenters. The van der Waals surface area contributed by atoms with E-state index in [4.69, 9.17) is 12.2 Å². The van der Waals surface area contributed by atoms with Gasteiger partial charge in [-0.15, -0.1) is 12.3 Å². The van der Waals surface area contributed by atoms with Crippen LogP contribution >= 0.6 is 0 Å². The van der Waals surface area contributed by atoms with E-state index < -0.39 is 6.04 Å². The highest BCUT2D eigenvalue weighted by Crippen LogP contribution is 2.04. The van der Waals surface area contributed by atoms with Crippen LogP contribution in [0.15, 0.2) is 6.20 Å². The molecule has 86 valence electrons. The van der Waals surface area contributed by atoms with Gasteiger partial charge in [0.25, 0.3) is 0 Å². The summed E-state index contributed by atoms with van der Waals surface area (Å²) >= 11 is 0. The minimum absolute atomic E-state index is 0.235. The minimum atomic E-state index is -0.637. The normalized spacial score (nSPS) is 11.9. The summed E-state index contributed by atoms with van der Waals surface area (Å²) in [4.78, 5) is 11.5. The van der Waals surface area contributed by atoms with Crippen molar-refractivity contribution in [2.24, 2.45) is 12.8 Å². The van der Waals surface area contributed by atoms with Gasteiger partial charge in [0.2, 0.25) is 5.91 Å². The number of carbonyl (C=O) groups is 1. The molecule has 0 fully saturated rings. The van der Waals surface area contributed by atoms with Crippen LogP contribution in [0.25, 0.3) is 0 Å². The number of hydrogen-bond acceptors (Lipinski definition) is 3. The van der Waals surface area contributed by atoms with Crippen molar-refractivity contribution in [1.82, 2.24) is 15.1 Å². The zero-order valence-electron chi connectivity index (χ0n) is 9.53. The molecule has 0 aliphatic rings. The first-order valence-electron chi connectivity index (χ1n) is 5.00. The molecule has 0 spiro atoms. The van der Waals surface area contributed by atoms with Crippen LogP contribution in [0.5, 0.6) is 0 Å². The maximum Gasteiger partial charge on any atom is 0.238 e. The van der Waals surface area contributed by atoms with Crippen LogP contribution < -0.4 is 11.1 Å². The Morgan fingerprint density at radius 3 is 3.00 bits per heavy atom. The maximum absolute atomic E-state index is 11.5. The summed E-state index contributed by atoms with van der Waals surface area (Å²) < 4.78 is 1.75. The van der Waals surface area contributed by atoms with Gasteiger partial charge in [0.15, 0.2) is 0 Å². The molecule has 1 aromatic rings. The zero-order valence-corrected chi connectivity index (χ0v) is 9.53. The number of carbonyl (C=O) groups excluding carboxylic acids is 1. The van der Waals surface area contributed by atoms with E-state index in [-0.39, 0.29) is 12.3 Å². The molecule has 1 rings (SSSR count). The number of hydrogen-bond donors (Lipinski definition) is 2. The van der Waals surface area contributed by atoms with Gasteiger partial charge in [-0.05, 0) is 6.92 Å². The highest BCUT2D eigenvalue weighted by atomic mass is 16.2. The number of aryl methyl sites for hydroxylation is 1. The van der Waals surface area contributed by atoms with Gasteiger partial charge in [-0.25, -0.2) is 0 Å². The Bertz CT molecular complexity index is 416. The molecule has 0 bridgehead atoms. The number of nitrogens with two attached hydrogens (primary N) is 1. The molecule has 1 heterocycles. The molecule has 16 heavy (non-hydrogen) atoms. The molecule has 1 aromatic heterocycles. The fraction of sp³-hybridized carbons (Fsp3) is 0.455. The van der Waals surface area contributed by atoms with Crippen LogP contribution in [-0.4, -0.2) is 21.7 Å². The van der Waals surface area contributed by atoms with Gasteiger partial charge >= 0.3 is 0 Å². The van der Waals surface area contributed by atoms with E-state index in [1.807, 2.05) is 14.0 Å². The fourth-order valence-corrected chi connectivity index (χ4v) is 1.25. The van der Waals surface area contributed by atoms with E-state index in [0.717, 1.165) is 11.3 Å². The largest absolute Gasteiger partial charge is 0.351 e. The standard InChI is InChI=1S/C11H16N4O/c1-4-5-10(12)11(16)13-6-9-7-14-15(3)8(9)2/h1,7,10H,5-6,12H2,2-3H3,(H,13,16). The van der Waals surface area contributed by atoms with E-state index in [2.05, 4.69) is 16.3 Å². The molecule has 0 saturated heterocycles. The Hall–Kier alpha value is -1.80. The molecule has 1 amide bonds. The fourth-order valence-electron chi connectivity index (χ4n) is 1.25. The second-order valence-electron chi connectivity index (χ2n) is 3.61. The second kappa shape index (κ2) is 5.33. The van der Waals surface area contributed by atoms with Crippen LogP contribution in [0.4, 0.5) is 0 Å². The summed E-state index contributed by atoms with van der Waals surface area (Å²) in [7, 11) is 1.85. The van der Waals surface area contributed by atoms with Gasteiger partial charge < -0.3 is 11.1 Å². The second-order valence-corrected chi connectivity index (χ2v) is 3.61. The lowest BCUT2D eigenvalue weighted by molar-refractivity contribution is -0.122. The average Bonchev–Trinajstić information content (AvgIpc) is 2.57. The first kappa shape index (κ1) is 12.3. The van der Waals surface area contributed by atoms with E-state index in [0.29, 0.717) is 6.54 Å². The van der Waals surface area contributed by atoms with Crippen molar-refractivity contribution in [3.8, 4) is 12.3 Å². The van der Waals surface area contributed by atoms with Crippen molar-refractivity contribution in [1.29, 1.82) is 0 Å². The first-order valence-corrected chi connectivity index (χ1v) is 5.00. The Kier molecular flexibility index (Phi) is 4.09. The number of nitrogens with one attached hydrogen (secondary N) is 1. The third-order valence-corrected chi connectivity index (χ3v) is 2.46. The number of terminal acetylenes is 1. The lowest BCUT2D eigenvalue weighted by Gasteiger charge is -2.09. The summed E-state index contributed by atoms with van der Waals surface area (Å²) in [6.45, 7) is 2.37. The van der Waals surface area contributed by atoms with Crippen molar-refractivity contribution in [2.45, 2.75) is 25.9 Å². The molecular formula is C11H16N4O. The third kappa shape index (κ3) is 2.84. The van der Waals surface area contributed by atoms with Crippen LogP contribution in [0.2, 0.25) is 0 Å². The summed E-state index contributed by atoms with van der Waals surface area (Å²) in [6.07, 6.45) is 7.05. The van der Waals surface area contributed by atoms with Crippen molar-refractivity contribution in [3.63, 3.8) is 0 Å². The summed E-state index contributed by atoms with van der Waals surface area (Å²) in [5.41, 5.74) is 7.55. The van der Waals surface area contributed by atoms with Crippen molar-refractivity contribution in [3.05, 3.63) is 17.5 Å². The Morgan fingerprint density at radius 1 is 1.81 bits per heavy atom. The quantitative estimate of drug-likeness (QED) is 0.684. The van der Waals surface area contributed by atoms with Gasteiger partial charge in [0.05, 0.1) is 12.2 Å². The monoisotopic (exact) mass is 220 g/mol. The number of amides is 1. The van der Waals surface area contributed by atoms with Crippen LogP contribution in [-0.2, 0) is 18.4 Å².